The molecule has 22 heavy (non-hydrogen) atoms. The highest BCUT2D eigenvalue weighted by Gasteiger charge is 2.29. The standard InChI is InChI=1S/C16H20N4O2/c1-16(2,22)12-6-10-7-13(20-15(21)9-4-5-9)18-8-11(10)14(17-3)19-12/h6-9,22H,4-5H2,1-3H3,(H,17,19)(H,18,20,21). The highest BCUT2D eigenvalue weighted by molar-refractivity contribution is 5.97. The van der Waals surface area contributed by atoms with Crippen LogP contribution in [0.1, 0.15) is 32.4 Å². The average molecular weight is 300 g/mol. The summed E-state index contributed by atoms with van der Waals surface area (Å²) >= 11 is 0. The molecule has 116 valence electrons. The van der Waals surface area contributed by atoms with E-state index in [1.54, 1.807) is 27.1 Å². The summed E-state index contributed by atoms with van der Waals surface area (Å²) in [6.45, 7) is 3.38. The quantitative estimate of drug-likeness (QED) is 0.806. The summed E-state index contributed by atoms with van der Waals surface area (Å²) in [5.41, 5.74) is -0.476. The lowest BCUT2D eigenvalue weighted by Crippen LogP contribution is -2.18. The van der Waals surface area contributed by atoms with E-state index in [2.05, 4.69) is 20.6 Å². The van der Waals surface area contributed by atoms with Crippen LogP contribution in [0.25, 0.3) is 10.8 Å². The summed E-state index contributed by atoms with van der Waals surface area (Å²) in [5, 5.41) is 17.8. The second-order valence-corrected chi connectivity index (χ2v) is 6.22. The zero-order valence-corrected chi connectivity index (χ0v) is 13.0. The molecule has 2 aromatic heterocycles. The molecule has 0 atom stereocenters. The summed E-state index contributed by atoms with van der Waals surface area (Å²) in [6, 6.07) is 3.64. The fourth-order valence-electron chi connectivity index (χ4n) is 2.29. The molecule has 3 rings (SSSR count). The Bertz CT molecular complexity index is 733. The number of carbonyl (C=O) groups is 1. The maximum atomic E-state index is 11.8. The number of hydrogen-bond acceptors (Lipinski definition) is 5. The van der Waals surface area contributed by atoms with Gasteiger partial charge in [-0.25, -0.2) is 9.97 Å². The molecule has 2 heterocycles. The molecule has 1 aliphatic carbocycles. The van der Waals surface area contributed by atoms with Crippen molar-refractivity contribution >= 4 is 28.3 Å². The van der Waals surface area contributed by atoms with Gasteiger partial charge in [0, 0.05) is 24.5 Å². The zero-order chi connectivity index (χ0) is 15.9. The van der Waals surface area contributed by atoms with Crippen LogP contribution < -0.4 is 10.6 Å². The number of nitrogens with one attached hydrogen (secondary N) is 2. The zero-order valence-electron chi connectivity index (χ0n) is 13.0. The first kappa shape index (κ1) is 14.7. The predicted molar refractivity (Wildman–Crippen MR) is 85.7 cm³/mol. The average Bonchev–Trinajstić information content (AvgIpc) is 3.29. The summed E-state index contributed by atoms with van der Waals surface area (Å²) in [4.78, 5) is 20.6. The molecular formula is C16H20N4O2. The number of fused-ring (bicyclic) bond motifs is 1. The third-order valence-corrected chi connectivity index (χ3v) is 3.78. The van der Waals surface area contributed by atoms with Gasteiger partial charge in [-0.15, -0.1) is 0 Å². The topological polar surface area (TPSA) is 87.1 Å². The van der Waals surface area contributed by atoms with Crippen molar-refractivity contribution in [2.24, 2.45) is 5.92 Å². The number of aromatic nitrogens is 2. The van der Waals surface area contributed by atoms with Crippen molar-refractivity contribution in [2.75, 3.05) is 17.7 Å². The molecule has 6 nitrogen and oxygen atoms in total. The summed E-state index contributed by atoms with van der Waals surface area (Å²) < 4.78 is 0. The number of amides is 1. The van der Waals surface area contributed by atoms with Gasteiger partial charge in [-0.05, 0) is 44.2 Å². The molecule has 1 amide bonds. The minimum atomic E-state index is -1.04. The maximum Gasteiger partial charge on any atom is 0.228 e. The lowest BCUT2D eigenvalue weighted by atomic mass is 10.0. The number of carbonyl (C=O) groups excluding carboxylic acids is 1. The highest BCUT2D eigenvalue weighted by Crippen LogP contribution is 2.31. The fraction of sp³-hybridized carbons (Fsp3) is 0.438. The van der Waals surface area contributed by atoms with Crippen LogP contribution in [-0.4, -0.2) is 28.0 Å². The molecule has 0 radical (unpaired) electrons. The van der Waals surface area contributed by atoms with E-state index in [1.165, 1.54) is 0 Å². The van der Waals surface area contributed by atoms with Gasteiger partial charge in [0.15, 0.2) is 0 Å². The summed E-state index contributed by atoms with van der Waals surface area (Å²) in [7, 11) is 1.78. The number of anilines is 2. The van der Waals surface area contributed by atoms with Gasteiger partial charge in [0.1, 0.15) is 17.2 Å². The number of pyridine rings is 2. The molecule has 0 saturated heterocycles. The van der Waals surface area contributed by atoms with E-state index >= 15 is 0 Å². The molecule has 6 heteroatoms. The Kier molecular flexibility index (Phi) is 3.48. The van der Waals surface area contributed by atoms with E-state index in [0.717, 1.165) is 23.6 Å². The van der Waals surface area contributed by atoms with E-state index in [0.29, 0.717) is 17.3 Å². The van der Waals surface area contributed by atoms with Gasteiger partial charge < -0.3 is 15.7 Å². The maximum absolute atomic E-state index is 11.8. The minimum absolute atomic E-state index is 0.0254. The van der Waals surface area contributed by atoms with Crippen LogP contribution in [-0.2, 0) is 10.4 Å². The van der Waals surface area contributed by atoms with E-state index in [4.69, 9.17) is 0 Å². The molecule has 0 aliphatic heterocycles. The monoisotopic (exact) mass is 300 g/mol. The number of aliphatic hydroxyl groups is 1. The Morgan fingerprint density at radius 3 is 2.68 bits per heavy atom. The number of nitrogens with zero attached hydrogens (tertiary/aromatic N) is 2. The van der Waals surface area contributed by atoms with Gasteiger partial charge in [0.25, 0.3) is 0 Å². The van der Waals surface area contributed by atoms with Crippen molar-refractivity contribution < 1.29 is 9.90 Å². The van der Waals surface area contributed by atoms with Crippen molar-refractivity contribution in [3.63, 3.8) is 0 Å². The van der Waals surface area contributed by atoms with Crippen LogP contribution in [0.4, 0.5) is 11.6 Å². The first-order valence-electron chi connectivity index (χ1n) is 7.41. The van der Waals surface area contributed by atoms with Crippen molar-refractivity contribution in [1.82, 2.24) is 9.97 Å². The van der Waals surface area contributed by atoms with Gasteiger partial charge >= 0.3 is 0 Å². The minimum Gasteiger partial charge on any atom is -0.384 e. The molecule has 0 unspecified atom stereocenters. The lowest BCUT2D eigenvalue weighted by molar-refractivity contribution is -0.117. The first-order valence-corrected chi connectivity index (χ1v) is 7.41. The van der Waals surface area contributed by atoms with Crippen molar-refractivity contribution in [1.29, 1.82) is 0 Å². The Balaban J connectivity index is 2.03. The van der Waals surface area contributed by atoms with E-state index in [1.807, 2.05) is 12.1 Å². The van der Waals surface area contributed by atoms with Crippen LogP contribution in [0, 0.1) is 5.92 Å². The van der Waals surface area contributed by atoms with Crippen LogP contribution >= 0.6 is 0 Å². The van der Waals surface area contributed by atoms with Crippen LogP contribution in [0.5, 0.6) is 0 Å². The van der Waals surface area contributed by atoms with Gasteiger partial charge in [-0.2, -0.15) is 0 Å². The molecular weight excluding hydrogens is 280 g/mol. The van der Waals surface area contributed by atoms with Crippen molar-refractivity contribution in [3.8, 4) is 0 Å². The molecule has 0 spiro atoms. The number of rotatable bonds is 4. The largest absolute Gasteiger partial charge is 0.384 e. The Morgan fingerprint density at radius 1 is 1.36 bits per heavy atom. The van der Waals surface area contributed by atoms with E-state index in [-0.39, 0.29) is 11.8 Å². The Morgan fingerprint density at radius 2 is 2.09 bits per heavy atom. The summed E-state index contributed by atoms with van der Waals surface area (Å²) in [5.74, 6) is 1.34. The molecule has 1 saturated carbocycles. The van der Waals surface area contributed by atoms with E-state index < -0.39 is 5.60 Å². The Labute approximate surface area is 129 Å². The second kappa shape index (κ2) is 5.21. The highest BCUT2D eigenvalue weighted by atomic mass is 16.3. The third-order valence-electron chi connectivity index (χ3n) is 3.78. The van der Waals surface area contributed by atoms with Crippen LogP contribution in [0.3, 0.4) is 0 Å². The molecule has 0 aromatic carbocycles. The van der Waals surface area contributed by atoms with Gasteiger partial charge in [-0.1, -0.05) is 0 Å². The SMILES string of the molecule is CNc1nc(C(C)(C)O)cc2cc(NC(=O)C3CC3)ncc12. The first-order chi connectivity index (χ1) is 10.4. The Hall–Kier alpha value is -2.21. The lowest BCUT2D eigenvalue weighted by Gasteiger charge is -2.19. The molecule has 1 aliphatic rings. The number of hydrogen-bond donors (Lipinski definition) is 3. The molecule has 0 bridgehead atoms. The van der Waals surface area contributed by atoms with Gasteiger partial charge in [-0.3, -0.25) is 4.79 Å². The summed E-state index contributed by atoms with van der Waals surface area (Å²) in [6.07, 6.45) is 3.59. The van der Waals surface area contributed by atoms with Gasteiger partial charge in [0.2, 0.25) is 5.91 Å². The van der Waals surface area contributed by atoms with Crippen LogP contribution in [0.15, 0.2) is 18.3 Å². The van der Waals surface area contributed by atoms with Crippen molar-refractivity contribution in [3.05, 3.63) is 24.0 Å². The molecule has 3 N–H and O–H groups in total. The second-order valence-electron chi connectivity index (χ2n) is 6.22. The molecule has 1 fully saturated rings. The fourth-order valence-corrected chi connectivity index (χ4v) is 2.29. The molecule has 2 aromatic rings. The third kappa shape index (κ3) is 2.87. The van der Waals surface area contributed by atoms with Gasteiger partial charge in [0.05, 0.1) is 5.69 Å². The smallest absolute Gasteiger partial charge is 0.228 e. The predicted octanol–water partition coefficient (Wildman–Crippen LogP) is 2.25. The van der Waals surface area contributed by atoms with Crippen molar-refractivity contribution in [2.45, 2.75) is 32.3 Å². The van der Waals surface area contributed by atoms with Crippen LogP contribution in [0.2, 0.25) is 0 Å². The normalized spacial score (nSPS) is 14.9. The van der Waals surface area contributed by atoms with E-state index in [9.17, 15) is 9.90 Å².